The van der Waals surface area contributed by atoms with Gasteiger partial charge in [0.15, 0.2) is 0 Å². The molecular formula is C21H23FN2O3S. The number of hydrogen-bond donors (Lipinski definition) is 1. The van der Waals surface area contributed by atoms with E-state index in [2.05, 4.69) is 11.9 Å². The third kappa shape index (κ3) is 3.52. The van der Waals surface area contributed by atoms with Crippen molar-refractivity contribution in [1.29, 1.82) is 0 Å². The molecule has 1 aliphatic heterocycles. The molecule has 0 amide bonds. The van der Waals surface area contributed by atoms with Crippen molar-refractivity contribution in [2.24, 2.45) is 0 Å². The zero-order valence-corrected chi connectivity index (χ0v) is 16.6. The Bertz CT molecular complexity index is 1090. The number of H-pyrrole nitrogens is 1. The molecule has 1 aliphatic rings. The van der Waals surface area contributed by atoms with E-state index in [4.69, 9.17) is 4.74 Å². The van der Waals surface area contributed by atoms with Crippen molar-refractivity contribution in [2.45, 2.75) is 37.6 Å². The lowest BCUT2D eigenvalue weighted by Crippen LogP contribution is -2.35. The monoisotopic (exact) mass is 402 g/mol. The summed E-state index contributed by atoms with van der Waals surface area (Å²) in [4.78, 5) is 3.52. The molecule has 5 nitrogen and oxygen atoms in total. The van der Waals surface area contributed by atoms with Crippen molar-refractivity contribution in [3.63, 3.8) is 0 Å². The lowest BCUT2D eigenvalue weighted by molar-refractivity contribution is 0.309. The molecule has 148 valence electrons. The summed E-state index contributed by atoms with van der Waals surface area (Å²) in [5, 5.41) is 0.745. The van der Waals surface area contributed by atoms with Crippen LogP contribution in [0.1, 0.15) is 31.0 Å². The first-order valence-electron chi connectivity index (χ1n) is 9.51. The van der Waals surface area contributed by atoms with E-state index in [0.717, 1.165) is 35.0 Å². The Morgan fingerprint density at radius 3 is 2.71 bits per heavy atom. The molecule has 2 aromatic carbocycles. The molecule has 3 aromatic rings. The number of aromatic amines is 1. The second-order valence-corrected chi connectivity index (χ2v) is 8.97. The lowest BCUT2D eigenvalue weighted by atomic mass is 10.1. The van der Waals surface area contributed by atoms with Crippen molar-refractivity contribution in [2.75, 3.05) is 13.2 Å². The topological polar surface area (TPSA) is 62.4 Å². The fourth-order valence-corrected chi connectivity index (χ4v) is 4.97. The maximum absolute atomic E-state index is 13.7. The van der Waals surface area contributed by atoms with Gasteiger partial charge in [-0.05, 0) is 54.4 Å². The maximum atomic E-state index is 13.7. The first kappa shape index (κ1) is 19.0. The highest BCUT2D eigenvalue weighted by atomic mass is 32.2. The van der Waals surface area contributed by atoms with Crippen molar-refractivity contribution >= 4 is 20.9 Å². The van der Waals surface area contributed by atoms with E-state index in [0.29, 0.717) is 25.3 Å². The molecule has 1 N–H and O–H groups in total. The molecule has 0 spiro atoms. The number of sulfonamides is 1. The van der Waals surface area contributed by atoms with E-state index >= 15 is 0 Å². The van der Waals surface area contributed by atoms with E-state index in [-0.39, 0.29) is 17.3 Å². The third-order valence-electron chi connectivity index (χ3n) is 5.13. The summed E-state index contributed by atoms with van der Waals surface area (Å²) >= 11 is 0. The average Bonchev–Trinajstić information content (AvgIpc) is 3.06. The first-order chi connectivity index (χ1) is 13.5. The molecule has 28 heavy (non-hydrogen) atoms. The third-order valence-corrected chi connectivity index (χ3v) is 6.99. The summed E-state index contributed by atoms with van der Waals surface area (Å²) in [6.07, 6.45) is 2.57. The predicted octanol–water partition coefficient (Wildman–Crippen LogP) is 4.23. The van der Waals surface area contributed by atoms with Gasteiger partial charge < -0.3 is 9.72 Å². The van der Waals surface area contributed by atoms with Gasteiger partial charge in [-0.3, -0.25) is 0 Å². The number of rotatable bonds is 6. The summed E-state index contributed by atoms with van der Waals surface area (Å²) in [6.45, 7) is 3.33. The molecule has 0 atom stereocenters. The molecule has 7 heteroatoms. The molecule has 0 fully saturated rings. The van der Waals surface area contributed by atoms with Crippen LogP contribution in [0.4, 0.5) is 4.39 Å². The summed E-state index contributed by atoms with van der Waals surface area (Å²) < 4.78 is 46.9. The van der Waals surface area contributed by atoms with Crippen LogP contribution in [0.2, 0.25) is 0 Å². The Hall–Kier alpha value is -2.38. The van der Waals surface area contributed by atoms with Crippen LogP contribution in [0, 0.1) is 5.82 Å². The molecule has 4 rings (SSSR count). The number of halogens is 1. The van der Waals surface area contributed by atoms with Crippen molar-refractivity contribution in [3.8, 4) is 5.75 Å². The molecule has 0 saturated carbocycles. The van der Waals surface area contributed by atoms with E-state index in [1.165, 1.54) is 16.4 Å². The fraction of sp³-hybridized carbons (Fsp3) is 0.333. The number of nitrogens with zero attached hydrogens (tertiary/aromatic N) is 1. The lowest BCUT2D eigenvalue weighted by Gasteiger charge is -2.26. The van der Waals surface area contributed by atoms with Gasteiger partial charge in [0.25, 0.3) is 0 Å². The van der Waals surface area contributed by atoms with Crippen LogP contribution >= 0.6 is 0 Å². The van der Waals surface area contributed by atoms with Crippen LogP contribution in [0.15, 0.2) is 47.4 Å². The minimum absolute atomic E-state index is 0.232. The van der Waals surface area contributed by atoms with Gasteiger partial charge in [-0.15, -0.1) is 0 Å². The molecule has 0 aliphatic carbocycles. The SMILES string of the molecule is CCCCOc1ccc(S(=O)(=O)N2CCc3[nH]c4ccc(F)cc4c3C2)cc1. The molecule has 0 unspecified atom stereocenters. The minimum Gasteiger partial charge on any atom is -0.494 e. The highest BCUT2D eigenvalue weighted by molar-refractivity contribution is 7.89. The van der Waals surface area contributed by atoms with Gasteiger partial charge in [-0.2, -0.15) is 4.31 Å². The van der Waals surface area contributed by atoms with Crippen molar-refractivity contribution in [1.82, 2.24) is 9.29 Å². The van der Waals surface area contributed by atoms with Gasteiger partial charge in [0, 0.05) is 36.1 Å². The zero-order valence-electron chi connectivity index (χ0n) is 15.7. The predicted molar refractivity (Wildman–Crippen MR) is 106 cm³/mol. The highest BCUT2D eigenvalue weighted by Gasteiger charge is 2.30. The van der Waals surface area contributed by atoms with Crippen LogP contribution in [-0.2, 0) is 23.0 Å². The number of benzene rings is 2. The van der Waals surface area contributed by atoms with Gasteiger partial charge in [-0.1, -0.05) is 13.3 Å². The molecule has 0 saturated heterocycles. The van der Waals surface area contributed by atoms with Crippen LogP contribution in [-0.4, -0.2) is 30.9 Å². The molecular weight excluding hydrogens is 379 g/mol. The number of nitrogens with one attached hydrogen (secondary N) is 1. The van der Waals surface area contributed by atoms with Crippen LogP contribution < -0.4 is 4.74 Å². The standard InChI is InChI=1S/C21H23FN2O3S/c1-2-3-12-27-16-5-7-17(8-6-16)28(25,26)24-11-10-21-19(14-24)18-13-15(22)4-9-20(18)23-21/h4-9,13,23H,2-3,10-12,14H2,1H3. The first-order valence-corrected chi connectivity index (χ1v) is 10.9. The van der Waals surface area contributed by atoms with Gasteiger partial charge in [0.05, 0.1) is 11.5 Å². The Morgan fingerprint density at radius 1 is 1.18 bits per heavy atom. The Labute approximate surface area is 164 Å². The number of aromatic nitrogens is 1. The summed E-state index contributed by atoms with van der Waals surface area (Å²) in [7, 11) is -3.63. The number of ether oxygens (including phenoxy) is 1. The Balaban J connectivity index is 1.57. The molecule has 1 aromatic heterocycles. The Morgan fingerprint density at radius 2 is 1.96 bits per heavy atom. The van der Waals surface area contributed by atoms with Gasteiger partial charge in [0.2, 0.25) is 10.0 Å². The normalized spacial score (nSPS) is 14.9. The van der Waals surface area contributed by atoms with Crippen molar-refractivity contribution in [3.05, 3.63) is 59.5 Å². The van der Waals surface area contributed by atoms with Gasteiger partial charge in [-0.25, -0.2) is 12.8 Å². The number of hydrogen-bond acceptors (Lipinski definition) is 3. The van der Waals surface area contributed by atoms with E-state index in [9.17, 15) is 12.8 Å². The Kier molecular flexibility index (Phi) is 5.12. The zero-order chi connectivity index (χ0) is 19.7. The molecule has 2 heterocycles. The second-order valence-electron chi connectivity index (χ2n) is 7.03. The summed E-state index contributed by atoms with van der Waals surface area (Å²) in [5.74, 6) is 0.341. The molecule has 0 radical (unpaired) electrons. The number of fused-ring (bicyclic) bond motifs is 3. The van der Waals surface area contributed by atoms with Gasteiger partial charge >= 0.3 is 0 Å². The maximum Gasteiger partial charge on any atom is 0.243 e. The van der Waals surface area contributed by atoms with E-state index < -0.39 is 10.0 Å². The van der Waals surface area contributed by atoms with E-state index in [1.807, 2.05) is 0 Å². The average molecular weight is 402 g/mol. The quantitative estimate of drug-likeness (QED) is 0.628. The van der Waals surface area contributed by atoms with Crippen LogP contribution in [0.5, 0.6) is 5.75 Å². The summed E-state index contributed by atoms with van der Waals surface area (Å²) in [6, 6.07) is 11.1. The number of unbranched alkanes of at least 4 members (excludes halogenated alkanes) is 1. The molecule has 0 bridgehead atoms. The largest absolute Gasteiger partial charge is 0.494 e. The summed E-state index contributed by atoms with van der Waals surface area (Å²) in [5.41, 5.74) is 2.66. The van der Waals surface area contributed by atoms with E-state index in [1.54, 1.807) is 30.3 Å². The smallest absolute Gasteiger partial charge is 0.243 e. The van der Waals surface area contributed by atoms with Crippen LogP contribution in [0.25, 0.3) is 10.9 Å². The fourth-order valence-electron chi connectivity index (χ4n) is 3.56. The van der Waals surface area contributed by atoms with Crippen molar-refractivity contribution < 1.29 is 17.5 Å². The van der Waals surface area contributed by atoms with Crippen LogP contribution in [0.3, 0.4) is 0 Å². The minimum atomic E-state index is -3.63. The highest BCUT2D eigenvalue weighted by Crippen LogP contribution is 2.31. The van der Waals surface area contributed by atoms with Gasteiger partial charge in [0.1, 0.15) is 11.6 Å². The second kappa shape index (κ2) is 7.56.